The minimum atomic E-state index is 0.197. The number of benzene rings is 1. The molecule has 1 aromatic heterocycles. The van der Waals surface area contributed by atoms with Gasteiger partial charge in [-0.25, -0.2) is 0 Å². The minimum Gasteiger partial charge on any atom is -0.357 e. The number of aromatic nitrogens is 1. The van der Waals surface area contributed by atoms with E-state index < -0.39 is 0 Å². The van der Waals surface area contributed by atoms with E-state index >= 15 is 0 Å². The van der Waals surface area contributed by atoms with Gasteiger partial charge in [-0.05, 0) is 38.3 Å². The average Bonchev–Trinajstić information content (AvgIpc) is 2.69. The Balaban J connectivity index is 1.77. The van der Waals surface area contributed by atoms with Gasteiger partial charge in [0.25, 0.3) is 0 Å². The Hall–Kier alpha value is -1.32. The number of hydrogen-bond donors (Lipinski definition) is 3. The molecule has 0 aliphatic rings. The van der Waals surface area contributed by atoms with Crippen LogP contribution >= 0.6 is 0 Å². The summed E-state index contributed by atoms with van der Waals surface area (Å²) in [6.07, 6.45) is 0. The molecular formula is C15H23N3. The maximum Gasteiger partial charge on any atom is 0.0456 e. The Morgan fingerprint density at radius 3 is 2.61 bits per heavy atom. The van der Waals surface area contributed by atoms with Crippen molar-refractivity contribution in [3.63, 3.8) is 0 Å². The van der Waals surface area contributed by atoms with Crippen molar-refractivity contribution in [2.24, 2.45) is 0 Å². The van der Waals surface area contributed by atoms with Gasteiger partial charge in [0.2, 0.25) is 0 Å². The molecule has 0 spiro atoms. The van der Waals surface area contributed by atoms with Crippen molar-refractivity contribution in [2.75, 3.05) is 13.1 Å². The molecule has 0 radical (unpaired) electrons. The van der Waals surface area contributed by atoms with Crippen LogP contribution in [0.15, 0.2) is 30.3 Å². The molecule has 1 heterocycles. The van der Waals surface area contributed by atoms with E-state index in [9.17, 15) is 0 Å². The molecule has 3 heteroatoms. The third-order valence-electron chi connectivity index (χ3n) is 2.86. The first-order valence-corrected chi connectivity index (χ1v) is 6.57. The van der Waals surface area contributed by atoms with Crippen molar-refractivity contribution in [2.45, 2.75) is 32.9 Å². The summed E-state index contributed by atoms with van der Waals surface area (Å²) in [5.74, 6) is 0. The quantitative estimate of drug-likeness (QED) is 0.709. The summed E-state index contributed by atoms with van der Waals surface area (Å²) in [5.41, 5.74) is 2.65. The van der Waals surface area contributed by atoms with Crippen molar-refractivity contribution in [3.05, 3.63) is 36.0 Å². The molecular weight excluding hydrogens is 222 g/mol. The van der Waals surface area contributed by atoms with Crippen LogP contribution in [0, 0.1) is 0 Å². The summed E-state index contributed by atoms with van der Waals surface area (Å²) in [7, 11) is 0. The molecule has 0 saturated carbocycles. The van der Waals surface area contributed by atoms with Crippen LogP contribution in [0.4, 0.5) is 0 Å². The molecule has 0 bridgehead atoms. The number of hydrogen-bond acceptors (Lipinski definition) is 2. The Morgan fingerprint density at radius 2 is 1.89 bits per heavy atom. The van der Waals surface area contributed by atoms with Crippen LogP contribution in [0.5, 0.6) is 0 Å². The van der Waals surface area contributed by atoms with E-state index in [1.54, 1.807) is 0 Å². The highest BCUT2D eigenvalue weighted by molar-refractivity contribution is 5.80. The lowest BCUT2D eigenvalue weighted by Crippen LogP contribution is -2.40. The molecule has 0 saturated heterocycles. The third-order valence-corrected chi connectivity index (χ3v) is 2.86. The van der Waals surface area contributed by atoms with Gasteiger partial charge in [0.1, 0.15) is 0 Å². The predicted octanol–water partition coefficient (Wildman–Crippen LogP) is 2.65. The number of nitrogens with one attached hydrogen (secondary N) is 3. The van der Waals surface area contributed by atoms with Crippen LogP contribution in [0.1, 0.15) is 26.5 Å². The number of H-pyrrole nitrogens is 1. The number of para-hydroxylation sites is 1. The molecule has 2 rings (SSSR count). The van der Waals surface area contributed by atoms with Crippen molar-refractivity contribution in [3.8, 4) is 0 Å². The zero-order valence-electron chi connectivity index (χ0n) is 11.5. The van der Waals surface area contributed by atoms with Crippen LogP contribution in [-0.2, 0) is 6.54 Å². The lowest BCUT2D eigenvalue weighted by molar-refractivity contribution is 0.421. The second-order valence-electron chi connectivity index (χ2n) is 5.74. The van der Waals surface area contributed by atoms with Gasteiger partial charge in [0.15, 0.2) is 0 Å². The van der Waals surface area contributed by atoms with Gasteiger partial charge in [0.05, 0.1) is 0 Å². The standard InChI is InChI=1S/C15H23N3/c1-15(2,3)17-9-8-16-11-13-10-12-6-4-5-7-14(12)18-13/h4-7,10,16-18H,8-9,11H2,1-3H3. The van der Waals surface area contributed by atoms with E-state index in [4.69, 9.17) is 0 Å². The molecule has 0 unspecified atom stereocenters. The highest BCUT2D eigenvalue weighted by Crippen LogP contribution is 2.14. The van der Waals surface area contributed by atoms with Crippen molar-refractivity contribution < 1.29 is 0 Å². The van der Waals surface area contributed by atoms with Crippen LogP contribution < -0.4 is 10.6 Å². The van der Waals surface area contributed by atoms with E-state index in [1.807, 2.05) is 0 Å². The highest BCUT2D eigenvalue weighted by atomic mass is 15.0. The topological polar surface area (TPSA) is 39.8 Å². The zero-order valence-corrected chi connectivity index (χ0v) is 11.5. The normalized spacial score (nSPS) is 12.2. The van der Waals surface area contributed by atoms with Crippen molar-refractivity contribution in [1.82, 2.24) is 15.6 Å². The SMILES string of the molecule is CC(C)(C)NCCNCc1cc2ccccc2[nH]1. The lowest BCUT2D eigenvalue weighted by atomic mass is 10.1. The molecule has 3 N–H and O–H groups in total. The number of fused-ring (bicyclic) bond motifs is 1. The van der Waals surface area contributed by atoms with E-state index in [1.165, 1.54) is 16.6 Å². The van der Waals surface area contributed by atoms with Crippen LogP contribution in [0.3, 0.4) is 0 Å². The van der Waals surface area contributed by atoms with Gasteiger partial charge in [-0.2, -0.15) is 0 Å². The molecule has 3 nitrogen and oxygen atoms in total. The predicted molar refractivity (Wildman–Crippen MR) is 77.8 cm³/mol. The van der Waals surface area contributed by atoms with Crippen LogP contribution in [0.25, 0.3) is 10.9 Å². The molecule has 2 aromatic rings. The van der Waals surface area contributed by atoms with Gasteiger partial charge < -0.3 is 15.6 Å². The molecule has 98 valence electrons. The fraction of sp³-hybridized carbons (Fsp3) is 0.467. The van der Waals surface area contributed by atoms with E-state index in [-0.39, 0.29) is 5.54 Å². The van der Waals surface area contributed by atoms with Gasteiger partial charge in [0, 0.05) is 36.4 Å². The monoisotopic (exact) mass is 245 g/mol. The minimum absolute atomic E-state index is 0.197. The Kier molecular flexibility index (Phi) is 4.04. The highest BCUT2D eigenvalue weighted by Gasteiger charge is 2.07. The summed E-state index contributed by atoms with van der Waals surface area (Å²) in [5, 5.41) is 8.18. The summed E-state index contributed by atoms with van der Waals surface area (Å²) in [6, 6.07) is 10.6. The molecule has 0 fully saturated rings. The van der Waals surface area contributed by atoms with Gasteiger partial charge >= 0.3 is 0 Å². The number of rotatable bonds is 5. The second-order valence-corrected chi connectivity index (χ2v) is 5.74. The van der Waals surface area contributed by atoms with E-state index in [0.29, 0.717) is 0 Å². The first kappa shape index (κ1) is 13.1. The fourth-order valence-corrected chi connectivity index (χ4v) is 1.98. The average molecular weight is 245 g/mol. The first-order valence-electron chi connectivity index (χ1n) is 6.57. The fourth-order valence-electron chi connectivity index (χ4n) is 1.98. The Labute approximate surface area is 109 Å². The van der Waals surface area contributed by atoms with Gasteiger partial charge in [-0.3, -0.25) is 0 Å². The molecule has 0 atom stereocenters. The van der Waals surface area contributed by atoms with Gasteiger partial charge in [-0.1, -0.05) is 18.2 Å². The van der Waals surface area contributed by atoms with Crippen molar-refractivity contribution >= 4 is 10.9 Å². The smallest absolute Gasteiger partial charge is 0.0456 e. The largest absolute Gasteiger partial charge is 0.357 e. The molecule has 18 heavy (non-hydrogen) atoms. The van der Waals surface area contributed by atoms with Crippen molar-refractivity contribution in [1.29, 1.82) is 0 Å². The summed E-state index contributed by atoms with van der Waals surface area (Å²) >= 11 is 0. The molecule has 1 aromatic carbocycles. The first-order chi connectivity index (χ1) is 8.54. The third kappa shape index (κ3) is 3.86. The summed E-state index contributed by atoms with van der Waals surface area (Å²) in [6.45, 7) is 9.41. The zero-order chi connectivity index (χ0) is 13.0. The summed E-state index contributed by atoms with van der Waals surface area (Å²) in [4.78, 5) is 3.42. The lowest BCUT2D eigenvalue weighted by Gasteiger charge is -2.20. The number of aromatic amines is 1. The second kappa shape index (κ2) is 5.55. The van der Waals surface area contributed by atoms with Crippen LogP contribution in [-0.4, -0.2) is 23.6 Å². The molecule has 0 aliphatic heterocycles. The maximum atomic E-state index is 3.46. The molecule has 0 aliphatic carbocycles. The Bertz CT molecular complexity index is 461. The van der Waals surface area contributed by atoms with E-state index in [2.05, 4.69) is 66.7 Å². The maximum absolute atomic E-state index is 3.46. The van der Waals surface area contributed by atoms with Crippen LogP contribution in [0.2, 0.25) is 0 Å². The Morgan fingerprint density at radius 1 is 1.11 bits per heavy atom. The molecule has 0 amide bonds. The van der Waals surface area contributed by atoms with E-state index in [0.717, 1.165) is 19.6 Å². The summed E-state index contributed by atoms with van der Waals surface area (Å²) < 4.78 is 0. The van der Waals surface area contributed by atoms with Gasteiger partial charge in [-0.15, -0.1) is 0 Å².